The van der Waals surface area contributed by atoms with Crippen molar-refractivity contribution in [2.24, 2.45) is 23.7 Å². The van der Waals surface area contributed by atoms with E-state index < -0.39 is 5.41 Å². The van der Waals surface area contributed by atoms with Crippen LogP contribution in [-0.2, 0) is 17.3 Å². The van der Waals surface area contributed by atoms with Crippen molar-refractivity contribution >= 4 is 23.1 Å². The van der Waals surface area contributed by atoms with E-state index in [0.717, 1.165) is 41.2 Å². The Kier molecular flexibility index (Phi) is 8.74. The van der Waals surface area contributed by atoms with Gasteiger partial charge in [-0.25, -0.2) is 0 Å². The van der Waals surface area contributed by atoms with E-state index in [1.165, 1.54) is 104 Å². The number of benzene rings is 8. The molecule has 0 radical (unpaired) electrons. The van der Waals surface area contributed by atoms with Crippen LogP contribution in [0.5, 0.6) is 0 Å². The van der Waals surface area contributed by atoms with E-state index >= 15 is 0 Å². The number of hydrogen-bond acceptors (Lipinski definition) is 1. The number of nitrogens with zero attached hydrogens (tertiary/aromatic N) is 1. The molecule has 0 saturated heterocycles. The highest BCUT2D eigenvalue weighted by molar-refractivity contribution is 5.97. The molecule has 2 bridgehead atoms. The van der Waals surface area contributed by atoms with Crippen LogP contribution in [0, 0.1) is 23.7 Å². The van der Waals surface area contributed by atoms with Crippen molar-refractivity contribution in [2.45, 2.75) is 63.7 Å². The number of hydrogen-bond donors (Lipinski definition) is 0. The number of fused-ring (bicyclic) bond motifs is 13. The number of rotatable bonds is 6. The molecule has 2 saturated carbocycles. The largest absolute Gasteiger partial charge is 0.310 e. The van der Waals surface area contributed by atoms with Crippen LogP contribution < -0.4 is 4.90 Å². The van der Waals surface area contributed by atoms with Gasteiger partial charge in [0.15, 0.2) is 0 Å². The highest BCUT2D eigenvalue weighted by Gasteiger charge is 2.52. The first-order valence-corrected chi connectivity index (χ1v) is 24.2. The molecular weight excluding hydrogens is 783 g/mol. The first-order chi connectivity index (χ1) is 31.9. The maximum atomic E-state index is 2.59. The summed E-state index contributed by atoms with van der Waals surface area (Å²) < 4.78 is 0. The zero-order valence-electron chi connectivity index (χ0n) is 37.8. The van der Waals surface area contributed by atoms with Gasteiger partial charge in [0.05, 0.1) is 11.1 Å². The molecule has 4 unspecified atom stereocenters. The van der Waals surface area contributed by atoms with E-state index in [1.54, 1.807) is 5.56 Å². The molecule has 5 aliphatic carbocycles. The Morgan fingerprint density at radius 3 is 1.63 bits per heavy atom. The quantitative estimate of drug-likeness (QED) is 0.161. The molecule has 0 heterocycles. The smallest absolute Gasteiger partial charge is 0.0726 e. The first kappa shape index (κ1) is 38.7. The molecule has 5 aliphatic rings. The summed E-state index contributed by atoms with van der Waals surface area (Å²) in [5.74, 6) is 3.11. The second-order valence-electron chi connectivity index (χ2n) is 20.4. The van der Waals surface area contributed by atoms with Crippen molar-refractivity contribution in [3.63, 3.8) is 0 Å². The Morgan fingerprint density at radius 1 is 0.462 bits per heavy atom. The zero-order chi connectivity index (χ0) is 43.4. The van der Waals surface area contributed by atoms with Crippen LogP contribution in [0.25, 0.3) is 50.6 Å². The van der Waals surface area contributed by atoms with Crippen LogP contribution >= 0.6 is 0 Å². The minimum absolute atomic E-state index is 0.237. The maximum absolute atomic E-state index is 2.59. The average molecular weight is 838 g/mol. The second-order valence-corrected chi connectivity index (χ2v) is 20.4. The summed E-state index contributed by atoms with van der Waals surface area (Å²) in [5.41, 5.74) is 23.7. The molecule has 8 aromatic carbocycles. The van der Waals surface area contributed by atoms with Crippen molar-refractivity contribution in [1.82, 2.24) is 0 Å². The summed E-state index contributed by atoms with van der Waals surface area (Å²) in [5, 5.41) is 0. The molecule has 1 nitrogen and oxygen atoms in total. The minimum atomic E-state index is -0.424. The SMILES string of the molecule is CC1C=Cc2c(C3(C)CC4CC[C@H](C3)C4C)ccc(-c3ccc(N(c4ccc5c(c4)C4(c6ccccc6-c6ccccc64)c4ccccc4-5)c4ccccc4-c4ccccc4)cc3)c2C1. The zero-order valence-corrected chi connectivity index (χ0v) is 37.8. The summed E-state index contributed by atoms with van der Waals surface area (Å²) in [4.78, 5) is 2.51. The van der Waals surface area contributed by atoms with Gasteiger partial charge in [-0.15, -0.1) is 0 Å². The number of allylic oxidation sites excluding steroid dienone is 1. The molecule has 65 heavy (non-hydrogen) atoms. The van der Waals surface area contributed by atoms with Gasteiger partial charge in [-0.05, 0) is 169 Å². The van der Waals surface area contributed by atoms with E-state index in [9.17, 15) is 0 Å². The molecule has 0 amide bonds. The summed E-state index contributed by atoms with van der Waals surface area (Å²) in [7, 11) is 0. The van der Waals surface area contributed by atoms with Crippen molar-refractivity contribution in [3.8, 4) is 44.5 Å². The Balaban J connectivity index is 0.976. The van der Waals surface area contributed by atoms with Crippen LogP contribution in [0.2, 0.25) is 0 Å². The van der Waals surface area contributed by atoms with Gasteiger partial charge < -0.3 is 4.90 Å². The number of anilines is 3. The lowest BCUT2D eigenvalue weighted by Crippen LogP contribution is -2.36. The van der Waals surface area contributed by atoms with E-state index in [4.69, 9.17) is 0 Å². The van der Waals surface area contributed by atoms with Crippen LogP contribution in [0.3, 0.4) is 0 Å². The topological polar surface area (TPSA) is 3.24 Å². The second kappa shape index (κ2) is 14.7. The predicted octanol–water partition coefficient (Wildman–Crippen LogP) is 16.8. The first-order valence-electron chi connectivity index (χ1n) is 24.2. The molecular formula is C64H55N. The van der Waals surface area contributed by atoms with Gasteiger partial charge in [-0.2, -0.15) is 0 Å². The van der Waals surface area contributed by atoms with E-state index in [0.29, 0.717) is 5.92 Å². The molecule has 1 spiro atoms. The maximum Gasteiger partial charge on any atom is 0.0726 e. The molecule has 0 aromatic heterocycles. The van der Waals surface area contributed by atoms with E-state index in [2.05, 4.69) is 220 Å². The lowest BCUT2D eigenvalue weighted by Gasteiger charge is -2.43. The molecule has 0 aliphatic heterocycles. The third-order valence-electron chi connectivity index (χ3n) is 16.9. The molecule has 0 N–H and O–H groups in total. The third kappa shape index (κ3) is 5.70. The van der Waals surface area contributed by atoms with Crippen LogP contribution in [-0.4, -0.2) is 0 Å². The van der Waals surface area contributed by atoms with Gasteiger partial charge in [0.2, 0.25) is 0 Å². The molecule has 8 aromatic rings. The van der Waals surface area contributed by atoms with Gasteiger partial charge in [0.25, 0.3) is 0 Å². The lowest BCUT2D eigenvalue weighted by molar-refractivity contribution is 0.162. The highest BCUT2D eigenvalue weighted by atomic mass is 15.1. The van der Waals surface area contributed by atoms with Crippen LogP contribution in [0.15, 0.2) is 188 Å². The van der Waals surface area contributed by atoms with Crippen molar-refractivity contribution in [1.29, 1.82) is 0 Å². The summed E-state index contributed by atoms with van der Waals surface area (Å²) in [6.45, 7) is 7.50. The average Bonchev–Trinajstić information content (AvgIpc) is 3.90. The van der Waals surface area contributed by atoms with Gasteiger partial charge >= 0.3 is 0 Å². The number of para-hydroxylation sites is 1. The fourth-order valence-electron chi connectivity index (χ4n) is 13.9. The summed E-state index contributed by atoms with van der Waals surface area (Å²) in [6.07, 6.45) is 11.5. The van der Waals surface area contributed by atoms with Crippen molar-refractivity contribution < 1.29 is 0 Å². The molecule has 316 valence electrons. The molecule has 2 fully saturated rings. The Morgan fingerprint density at radius 2 is 0.985 bits per heavy atom. The molecule has 5 atom stereocenters. The fourth-order valence-corrected chi connectivity index (χ4v) is 13.9. The summed E-state index contributed by atoms with van der Waals surface area (Å²) >= 11 is 0. The van der Waals surface area contributed by atoms with E-state index in [-0.39, 0.29) is 5.41 Å². The van der Waals surface area contributed by atoms with Crippen LogP contribution in [0.4, 0.5) is 17.1 Å². The fraction of sp³-hybridized carbons (Fsp3) is 0.219. The van der Waals surface area contributed by atoms with Gasteiger partial charge in [0, 0.05) is 16.9 Å². The Bertz CT molecular complexity index is 3130. The summed E-state index contributed by atoms with van der Waals surface area (Å²) in [6, 6.07) is 69.0. The Hall–Kier alpha value is -6.70. The lowest BCUT2D eigenvalue weighted by atomic mass is 9.61. The van der Waals surface area contributed by atoms with Gasteiger partial charge in [-0.3, -0.25) is 0 Å². The third-order valence-corrected chi connectivity index (χ3v) is 16.9. The Labute approximate surface area is 385 Å². The molecule has 13 rings (SSSR count). The van der Waals surface area contributed by atoms with E-state index in [1.807, 2.05) is 0 Å². The highest BCUT2D eigenvalue weighted by Crippen LogP contribution is 2.63. The van der Waals surface area contributed by atoms with Gasteiger partial charge in [0.1, 0.15) is 0 Å². The van der Waals surface area contributed by atoms with Gasteiger partial charge in [-0.1, -0.05) is 185 Å². The minimum Gasteiger partial charge on any atom is -0.310 e. The van der Waals surface area contributed by atoms with Crippen molar-refractivity contribution in [2.75, 3.05) is 4.90 Å². The monoisotopic (exact) mass is 837 g/mol. The van der Waals surface area contributed by atoms with Crippen LogP contribution in [0.1, 0.15) is 85.4 Å². The predicted molar refractivity (Wildman–Crippen MR) is 272 cm³/mol. The van der Waals surface area contributed by atoms with Crippen molar-refractivity contribution in [3.05, 3.63) is 227 Å². The molecule has 1 heteroatoms. The normalized spacial score (nSPS) is 22.5. The standard InChI is InChI=1S/C64H55N/c1-41-25-33-55-56(37-41)49(35-36-57(55)63(3)39-45-26-27-46(40-63)42(45)2)44-28-30-47(31-29-44)65(62-24-14-10-17-50(62)43-15-5-4-6-16-43)48-32-34-54-53-20-9-13-23-60(53)64(61(54)38-48)58-21-11-7-18-51(58)52-19-8-12-22-59(52)64/h4-25,28-36,38,41-42,45-46H,26-27,37,39-40H2,1-3H3/t41?,42?,45-,46?,63?/m1/s1.